The van der Waals surface area contributed by atoms with Gasteiger partial charge in [0.1, 0.15) is 0 Å². The van der Waals surface area contributed by atoms with Crippen molar-refractivity contribution in [2.45, 2.75) is 13.5 Å². The first-order valence-corrected chi connectivity index (χ1v) is 4.99. The number of hydrogen-bond acceptors (Lipinski definition) is 3. The Morgan fingerprint density at radius 1 is 1.53 bits per heavy atom. The fourth-order valence-corrected chi connectivity index (χ4v) is 1.32. The highest BCUT2D eigenvalue weighted by molar-refractivity contribution is 5.85. The van der Waals surface area contributed by atoms with Crippen LogP contribution in [0.3, 0.4) is 0 Å². The molecular weight excluding hydrogens is 261 g/mol. The Hall–Kier alpha value is -0.840. The molecule has 0 saturated heterocycles. The number of carbonyl (C=O) groups excluding carboxylic acids is 1. The Bertz CT molecular complexity index is 322. The number of amides is 1. The van der Waals surface area contributed by atoms with Crippen molar-refractivity contribution in [3.63, 3.8) is 0 Å². The van der Waals surface area contributed by atoms with Crippen molar-refractivity contribution < 1.29 is 4.79 Å². The van der Waals surface area contributed by atoms with Crippen LogP contribution in [0.5, 0.6) is 0 Å². The van der Waals surface area contributed by atoms with Crippen molar-refractivity contribution in [3.05, 3.63) is 30.1 Å². The maximum Gasteiger partial charge on any atom is 0.226 e. The number of carbonyl (C=O) groups is 1. The lowest BCUT2D eigenvalue weighted by Crippen LogP contribution is -2.34. The van der Waals surface area contributed by atoms with E-state index in [-0.39, 0.29) is 36.6 Å². The molecule has 0 radical (unpaired) electrons. The molecular formula is C11H19Cl2N3O. The summed E-state index contributed by atoms with van der Waals surface area (Å²) in [4.78, 5) is 17.4. The van der Waals surface area contributed by atoms with Gasteiger partial charge >= 0.3 is 0 Å². The molecule has 0 fully saturated rings. The van der Waals surface area contributed by atoms with E-state index in [1.807, 2.05) is 19.1 Å². The second kappa shape index (κ2) is 9.22. The number of rotatable bonds is 4. The summed E-state index contributed by atoms with van der Waals surface area (Å²) >= 11 is 0. The van der Waals surface area contributed by atoms with Crippen LogP contribution in [0.2, 0.25) is 0 Å². The van der Waals surface area contributed by atoms with Crippen LogP contribution in [0.4, 0.5) is 0 Å². The zero-order valence-corrected chi connectivity index (χ0v) is 11.6. The minimum atomic E-state index is -0.119. The van der Waals surface area contributed by atoms with Gasteiger partial charge in [-0.05, 0) is 11.6 Å². The second-order valence-electron chi connectivity index (χ2n) is 3.69. The van der Waals surface area contributed by atoms with Crippen LogP contribution in [-0.4, -0.2) is 29.4 Å². The molecule has 0 spiro atoms. The van der Waals surface area contributed by atoms with E-state index in [4.69, 9.17) is 5.73 Å². The van der Waals surface area contributed by atoms with Gasteiger partial charge in [0.25, 0.3) is 0 Å². The molecule has 4 nitrogen and oxygen atoms in total. The van der Waals surface area contributed by atoms with Crippen molar-refractivity contribution >= 4 is 30.7 Å². The van der Waals surface area contributed by atoms with Gasteiger partial charge in [0.15, 0.2) is 0 Å². The highest BCUT2D eigenvalue weighted by Gasteiger charge is 2.15. The lowest BCUT2D eigenvalue weighted by Gasteiger charge is -2.20. The standard InChI is InChI=1S/C11H17N3O.2ClH/c1-9(6-12)11(15)14(2)8-10-4-3-5-13-7-10;;/h3-5,7,9H,6,8,12H2,1-2H3;2*1H. The minimum Gasteiger partial charge on any atom is -0.341 e. The summed E-state index contributed by atoms with van der Waals surface area (Å²) in [6, 6.07) is 3.81. The van der Waals surface area contributed by atoms with Crippen LogP contribution in [-0.2, 0) is 11.3 Å². The predicted octanol–water partition coefficient (Wildman–Crippen LogP) is 1.48. The number of halogens is 2. The van der Waals surface area contributed by atoms with E-state index >= 15 is 0 Å². The maximum absolute atomic E-state index is 11.7. The first-order valence-electron chi connectivity index (χ1n) is 4.99. The van der Waals surface area contributed by atoms with Crippen molar-refractivity contribution in [1.82, 2.24) is 9.88 Å². The van der Waals surface area contributed by atoms with Gasteiger partial charge in [0.05, 0.1) is 0 Å². The van der Waals surface area contributed by atoms with Gasteiger partial charge in [-0.2, -0.15) is 0 Å². The van der Waals surface area contributed by atoms with Crippen LogP contribution < -0.4 is 5.73 Å². The number of pyridine rings is 1. The van der Waals surface area contributed by atoms with Gasteiger partial charge < -0.3 is 10.6 Å². The highest BCUT2D eigenvalue weighted by atomic mass is 35.5. The molecule has 0 bridgehead atoms. The second-order valence-corrected chi connectivity index (χ2v) is 3.69. The molecule has 1 aromatic heterocycles. The van der Waals surface area contributed by atoms with E-state index in [2.05, 4.69) is 4.98 Å². The van der Waals surface area contributed by atoms with E-state index in [0.29, 0.717) is 13.1 Å². The van der Waals surface area contributed by atoms with Gasteiger partial charge in [-0.1, -0.05) is 13.0 Å². The Morgan fingerprint density at radius 3 is 2.65 bits per heavy atom. The molecule has 0 saturated carbocycles. The molecule has 0 aliphatic carbocycles. The van der Waals surface area contributed by atoms with Gasteiger partial charge in [-0.25, -0.2) is 0 Å². The van der Waals surface area contributed by atoms with Crippen LogP contribution in [0, 0.1) is 5.92 Å². The van der Waals surface area contributed by atoms with Gasteiger partial charge in [-0.15, -0.1) is 24.8 Å². The average Bonchev–Trinajstić information content (AvgIpc) is 2.28. The predicted molar refractivity (Wildman–Crippen MR) is 73.4 cm³/mol. The molecule has 1 rings (SSSR count). The van der Waals surface area contributed by atoms with Crippen molar-refractivity contribution in [2.75, 3.05) is 13.6 Å². The Labute approximate surface area is 114 Å². The minimum absolute atomic E-state index is 0. The van der Waals surface area contributed by atoms with Gasteiger partial charge in [0, 0.05) is 38.4 Å². The Morgan fingerprint density at radius 2 is 2.18 bits per heavy atom. The third-order valence-corrected chi connectivity index (χ3v) is 2.29. The molecule has 1 atom stereocenters. The molecule has 98 valence electrons. The maximum atomic E-state index is 11.7. The molecule has 2 N–H and O–H groups in total. The van der Waals surface area contributed by atoms with Gasteiger partial charge in [0.2, 0.25) is 5.91 Å². The number of nitrogens with zero attached hydrogens (tertiary/aromatic N) is 2. The van der Waals surface area contributed by atoms with Crippen LogP contribution >= 0.6 is 24.8 Å². The molecule has 1 unspecified atom stereocenters. The zero-order valence-electron chi connectivity index (χ0n) is 10.00. The van der Waals surface area contributed by atoms with Crippen molar-refractivity contribution in [3.8, 4) is 0 Å². The molecule has 0 aliphatic heterocycles. The van der Waals surface area contributed by atoms with Crippen LogP contribution in [0.25, 0.3) is 0 Å². The van der Waals surface area contributed by atoms with E-state index in [1.165, 1.54) is 0 Å². The first-order chi connectivity index (χ1) is 7.15. The highest BCUT2D eigenvalue weighted by Crippen LogP contribution is 2.04. The van der Waals surface area contributed by atoms with E-state index in [1.54, 1.807) is 24.3 Å². The lowest BCUT2D eigenvalue weighted by molar-refractivity contribution is -0.133. The number of nitrogens with two attached hydrogens (primary N) is 1. The summed E-state index contributed by atoms with van der Waals surface area (Å²) in [6.07, 6.45) is 3.48. The monoisotopic (exact) mass is 279 g/mol. The third kappa shape index (κ3) is 5.86. The normalized spacial score (nSPS) is 10.8. The summed E-state index contributed by atoms with van der Waals surface area (Å²) in [7, 11) is 1.78. The largest absolute Gasteiger partial charge is 0.341 e. The molecule has 6 heteroatoms. The molecule has 1 heterocycles. The van der Waals surface area contributed by atoms with Crippen LogP contribution in [0.15, 0.2) is 24.5 Å². The molecule has 1 amide bonds. The lowest BCUT2D eigenvalue weighted by atomic mass is 10.1. The van der Waals surface area contributed by atoms with E-state index in [0.717, 1.165) is 5.56 Å². The van der Waals surface area contributed by atoms with E-state index in [9.17, 15) is 4.79 Å². The average molecular weight is 280 g/mol. The summed E-state index contributed by atoms with van der Waals surface area (Å²) in [6.45, 7) is 2.80. The SMILES string of the molecule is CC(CN)C(=O)N(C)Cc1cccnc1.Cl.Cl. The fourth-order valence-electron chi connectivity index (χ4n) is 1.32. The number of aromatic nitrogens is 1. The molecule has 1 aromatic rings. The smallest absolute Gasteiger partial charge is 0.226 e. The van der Waals surface area contributed by atoms with Crippen LogP contribution in [0.1, 0.15) is 12.5 Å². The molecule has 0 aliphatic rings. The third-order valence-electron chi connectivity index (χ3n) is 2.29. The summed E-state index contributed by atoms with van der Waals surface area (Å²) < 4.78 is 0. The summed E-state index contributed by atoms with van der Waals surface area (Å²) in [5, 5.41) is 0. The Kier molecular flexibility index (Phi) is 10.0. The van der Waals surface area contributed by atoms with Gasteiger partial charge in [-0.3, -0.25) is 9.78 Å². The number of hydrogen-bond donors (Lipinski definition) is 1. The van der Waals surface area contributed by atoms with E-state index < -0.39 is 0 Å². The fraction of sp³-hybridized carbons (Fsp3) is 0.455. The summed E-state index contributed by atoms with van der Waals surface area (Å²) in [5.74, 6) is -0.0481. The Balaban J connectivity index is 0. The molecule has 17 heavy (non-hydrogen) atoms. The first kappa shape index (κ1) is 18.5. The van der Waals surface area contributed by atoms with Crippen molar-refractivity contribution in [1.29, 1.82) is 0 Å². The topological polar surface area (TPSA) is 59.2 Å². The quantitative estimate of drug-likeness (QED) is 0.908. The zero-order chi connectivity index (χ0) is 11.3. The molecule has 0 aromatic carbocycles. The van der Waals surface area contributed by atoms with Crippen molar-refractivity contribution in [2.24, 2.45) is 11.7 Å². The summed E-state index contributed by atoms with van der Waals surface area (Å²) in [5.41, 5.74) is 6.47.